The molecule has 3 rings (SSSR count). The van der Waals surface area contributed by atoms with E-state index in [4.69, 9.17) is 10.5 Å². The number of aryl methyl sites for hydroxylation is 1. The van der Waals surface area contributed by atoms with Gasteiger partial charge in [-0.3, -0.25) is 4.79 Å². The Balaban J connectivity index is 1.63. The molecule has 0 spiro atoms. The fraction of sp³-hybridized carbons (Fsp3) is 0.455. The van der Waals surface area contributed by atoms with Crippen LogP contribution < -0.4 is 15.8 Å². The number of carbonyl (C=O) groups is 1. The Labute approximate surface area is 161 Å². The Morgan fingerprint density at radius 2 is 2.07 bits per heavy atom. The van der Waals surface area contributed by atoms with E-state index in [1.165, 1.54) is 30.2 Å². The molecule has 1 amide bonds. The van der Waals surface area contributed by atoms with Crippen molar-refractivity contribution in [3.8, 4) is 11.6 Å². The van der Waals surface area contributed by atoms with E-state index in [1.807, 2.05) is 6.07 Å². The second-order valence-electron chi connectivity index (χ2n) is 7.84. The highest BCUT2D eigenvalue weighted by atomic mass is 16.5. The minimum atomic E-state index is -0.493. The number of rotatable bonds is 8. The van der Waals surface area contributed by atoms with Crippen molar-refractivity contribution in [2.75, 3.05) is 0 Å². The van der Waals surface area contributed by atoms with Crippen molar-refractivity contribution in [2.45, 2.75) is 58.5 Å². The minimum Gasteiger partial charge on any atom is -0.439 e. The molecule has 1 aromatic carbocycles. The summed E-state index contributed by atoms with van der Waals surface area (Å²) in [6.07, 6.45) is 6.06. The predicted molar refractivity (Wildman–Crippen MR) is 107 cm³/mol. The summed E-state index contributed by atoms with van der Waals surface area (Å²) in [6.45, 7) is 6.82. The SMILES string of the molecule is CC(C)CCC(C)NC1CCc2cc(Oc3ccc(C(N)=O)cn3)ccc21. The molecule has 1 aliphatic carbocycles. The van der Waals surface area contributed by atoms with Gasteiger partial charge < -0.3 is 15.8 Å². The summed E-state index contributed by atoms with van der Waals surface area (Å²) >= 11 is 0. The lowest BCUT2D eigenvalue weighted by molar-refractivity contribution is 0.1000. The van der Waals surface area contributed by atoms with Crippen LogP contribution in [0.5, 0.6) is 11.6 Å². The maximum atomic E-state index is 11.1. The van der Waals surface area contributed by atoms with Gasteiger partial charge in [0.2, 0.25) is 11.8 Å². The van der Waals surface area contributed by atoms with E-state index in [2.05, 4.69) is 43.2 Å². The molecular formula is C22H29N3O2. The van der Waals surface area contributed by atoms with Crippen LogP contribution in [-0.4, -0.2) is 16.9 Å². The number of hydrogen-bond acceptors (Lipinski definition) is 4. The van der Waals surface area contributed by atoms with Crippen molar-refractivity contribution in [3.63, 3.8) is 0 Å². The van der Waals surface area contributed by atoms with Gasteiger partial charge in [-0.2, -0.15) is 0 Å². The maximum Gasteiger partial charge on any atom is 0.250 e. The van der Waals surface area contributed by atoms with E-state index in [-0.39, 0.29) is 0 Å². The van der Waals surface area contributed by atoms with Crippen LogP contribution in [0.25, 0.3) is 0 Å². The van der Waals surface area contributed by atoms with E-state index in [9.17, 15) is 4.79 Å². The summed E-state index contributed by atoms with van der Waals surface area (Å²) < 4.78 is 5.84. The number of fused-ring (bicyclic) bond motifs is 1. The zero-order valence-corrected chi connectivity index (χ0v) is 16.4. The molecule has 0 saturated heterocycles. The maximum absolute atomic E-state index is 11.1. The molecule has 1 heterocycles. The van der Waals surface area contributed by atoms with Crippen LogP contribution in [0.4, 0.5) is 0 Å². The van der Waals surface area contributed by atoms with Crippen molar-refractivity contribution in [3.05, 3.63) is 53.2 Å². The average Bonchev–Trinajstić information content (AvgIpc) is 3.02. The molecule has 3 N–H and O–H groups in total. The number of aromatic nitrogens is 1. The molecule has 0 aliphatic heterocycles. The van der Waals surface area contributed by atoms with Crippen LogP contribution in [-0.2, 0) is 6.42 Å². The lowest BCUT2D eigenvalue weighted by Gasteiger charge is -2.21. The smallest absolute Gasteiger partial charge is 0.250 e. The number of benzene rings is 1. The topological polar surface area (TPSA) is 77.2 Å². The minimum absolute atomic E-state index is 0.372. The number of nitrogens with two attached hydrogens (primary N) is 1. The van der Waals surface area contributed by atoms with Gasteiger partial charge >= 0.3 is 0 Å². The largest absolute Gasteiger partial charge is 0.439 e. The molecule has 1 aromatic heterocycles. The number of primary amides is 1. The molecule has 0 radical (unpaired) electrons. The van der Waals surface area contributed by atoms with Crippen LogP contribution in [0, 0.1) is 5.92 Å². The van der Waals surface area contributed by atoms with Gasteiger partial charge in [0, 0.05) is 24.3 Å². The Bertz CT molecular complexity index is 787. The Hall–Kier alpha value is -2.40. The Morgan fingerprint density at radius 1 is 1.26 bits per heavy atom. The van der Waals surface area contributed by atoms with Crippen molar-refractivity contribution < 1.29 is 9.53 Å². The highest BCUT2D eigenvalue weighted by Crippen LogP contribution is 2.35. The number of nitrogens with zero attached hydrogens (tertiary/aromatic N) is 1. The first-order chi connectivity index (χ1) is 12.9. The monoisotopic (exact) mass is 367 g/mol. The number of hydrogen-bond donors (Lipinski definition) is 2. The molecule has 2 unspecified atom stereocenters. The highest BCUT2D eigenvalue weighted by molar-refractivity contribution is 5.92. The lowest BCUT2D eigenvalue weighted by Crippen LogP contribution is -2.29. The van der Waals surface area contributed by atoms with Crippen molar-refractivity contribution in [2.24, 2.45) is 11.7 Å². The van der Waals surface area contributed by atoms with Crippen molar-refractivity contribution in [1.82, 2.24) is 10.3 Å². The van der Waals surface area contributed by atoms with Gasteiger partial charge in [0.1, 0.15) is 5.75 Å². The van der Waals surface area contributed by atoms with Gasteiger partial charge in [-0.25, -0.2) is 4.98 Å². The molecular weight excluding hydrogens is 338 g/mol. The van der Waals surface area contributed by atoms with Crippen LogP contribution in [0.15, 0.2) is 36.5 Å². The molecule has 0 bridgehead atoms. The number of nitrogens with one attached hydrogen (secondary N) is 1. The fourth-order valence-corrected chi connectivity index (χ4v) is 3.55. The Kier molecular flexibility index (Phi) is 6.11. The van der Waals surface area contributed by atoms with E-state index < -0.39 is 5.91 Å². The van der Waals surface area contributed by atoms with E-state index in [1.54, 1.807) is 12.1 Å². The summed E-state index contributed by atoms with van der Waals surface area (Å²) in [4.78, 5) is 15.3. The van der Waals surface area contributed by atoms with Gasteiger partial charge in [-0.15, -0.1) is 0 Å². The third-order valence-corrected chi connectivity index (χ3v) is 5.10. The Morgan fingerprint density at radius 3 is 2.74 bits per heavy atom. The first kappa shape index (κ1) is 19.4. The molecule has 27 heavy (non-hydrogen) atoms. The molecule has 144 valence electrons. The standard InChI is InChI=1S/C22H29N3O2/c1-14(2)4-5-15(3)25-20-10-6-16-12-18(8-9-19(16)20)27-21-11-7-17(13-24-21)22(23)26/h7-9,11-15,20,25H,4-6,10H2,1-3H3,(H2,23,26). The number of pyridine rings is 1. The van der Waals surface area contributed by atoms with Gasteiger partial charge in [-0.05, 0) is 67.9 Å². The molecule has 2 aromatic rings. The first-order valence-corrected chi connectivity index (χ1v) is 9.75. The quantitative estimate of drug-likeness (QED) is 0.726. The van der Waals surface area contributed by atoms with Gasteiger partial charge in [0.25, 0.3) is 0 Å². The third-order valence-electron chi connectivity index (χ3n) is 5.10. The summed E-state index contributed by atoms with van der Waals surface area (Å²) in [6, 6.07) is 10.5. The van der Waals surface area contributed by atoms with Crippen molar-refractivity contribution >= 4 is 5.91 Å². The zero-order chi connectivity index (χ0) is 19.4. The molecule has 1 aliphatic rings. The van der Waals surface area contributed by atoms with E-state index in [0.29, 0.717) is 23.5 Å². The molecule has 2 atom stereocenters. The van der Waals surface area contributed by atoms with E-state index >= 15 is 0 Å². The molecule has 0 fully saturated rings. The zero-order valence-electron chi connectivity index (χ0n) is 16.4. The van der Waals surface area contributed by atoms with E-state index in [0.717, 1.165) is 24.5 Å². The predicted octanol–water partition coefficient (Wildman–Crippen LogP) is 4.37. The average molecular weight is 367 g/mol. The van der Waals surface area contributed by atoms with Crippen LogP contribution in [0.2, 0.25) is 0 Å². The summed E-state index contributed by atoms with van der Waals surface area (Å²) in [5.74, 6) is 1.47. The number of carbonyl (C=O) groups excluding carboxylic acids is 1. The lowest BCUT2D eigenvalue weighted by atomic mass is 10.0. The molecule has 5 heteroatoms. The molecule has 5 nitrogen and oxygen atoms in total. The second-order valence-corrected chi connectivity index (χ2v) is 7.84. The van der Waals surface area contributed by atoms with Crippen LogP contribution >= 0.6 is 0 Å². The van der Waals surface area contributed by atoms with Crippen molar-refractivity contribution in [1.29, 1.82) is 0 Å². The van der Waals surface area contributed by atoms with Crippen LogP contribution in [0.3, 0.4) is 0 Å². The normalized spacial score (nSPS) is 17.0. The first-order valence-electron chi connectivity index (χ1n) is 9.75. The summed E-state index contributed by atoms with van der Waals surface area (Å²) in [7, 11) is 0. The second kappa shape index (κ2) is 8.53. The fourth-order valence-electron chi connectivity index (χ4n) is 3.55. The van der Waals surface area contributed by atoms with Crippen LogP contribution in [0.1, 0.15) is 67.6 Å². The number of amides is 1. The van der Waals surface area contributed by atoms with Gasteiger partial charge in [-0.1, -0.05) is 19.9 Å². The van der Waals surface area contributed by atoms with Gasteiger partial charge in [0.15, 0.2) is 0 Å². The molecule has 0 saturated carbocycles. The number of ether oxygens (including phenoxy) is 1. The highest BCUT2D eigenvalue weighted by Gasteiger charge is 2.24. The summed E-state index contributed by atoms with van der Waals surface area (Å²) in [5.41, 5.74) is 8.30. The van der Waals surface area contributed by atoms with Gasteiger partial charge in [0.05, 0.1) is 5.56 Å². The summed E-state index contributed by atoms with van der Waals surface area (Å²) in [5, 5.41) is 3.78. The third kappa shape index (κ3) is 5.07.